The second-order valence-corrected chi connectivity index (χ2v) is 6.19. The highest BCUT2D eigenvalue weighted by atomic mass is 16.6. The summed E-state index contributed by atoms with van der Waals surface area (Å²) < 4.78 is 10.8. The third-order valence-corrected chi connectivity index (χ3v) is 4.41. The molecular formula is C19H21N3O4. The maximum atomic E-state index is 11.7. The maximum absolute atomic E-state index is 11.7. The number of piperidine rings is 1. The predicted molar refractivity (Wildman–Crippen MR) is 93.1 cm³/mol. The molecule has 1 unspecified atom stereocenters. The summed E-state index contributed by atoms with van der Waals surface area (Å²) in [5.74, 6) is 0.464. The van der Waals surface area contributed by atoms with Crippen molar-refractivity contribution in [3.63, 3.8) is 0 Å². The number of nitrogens with zero attached hydrogens (tertiary/aromatic N) is 3. The fraction of sp³-hybridized carbons (Fsp3) is 0.368. The summed E-state index contributed by atoms with van der Waals surface area (Å²) in [6.45, 7) is 6.12. The molecule has 0 aliphatic carbocycles. The van der Waals surface area contributed by atoms with Gasteiger partial charge in [0.1, 0.15) is 0 Å². The van der Waals surface area contributed by atoms with Crippen LogP contribution in [0.3, 0.4) is 0 Å². The number of hydrogen-bond donors (Lipinski definition) is 0. The third kappa shape index (κ3) is 3.99. The third-order valence-electron chi connectivity index (χ3n) is 4.41. The summed E-state index contributed by atoms with van der Waals surface area (Å²) in [7, 11) is 0. The molecule has 0 bridgehead atoms. The van der Waals surface area contributed by atoms with Gasteiger partial charge in [-0.1, -0.05) is 42.1 Å². The Kier molecular flexibility index (Phi) is 5.46. The van der Waals surface area contributed by atoms with Gasteiger partial charge in [0.2, 0.25) is 12.0 Å². The van der Waals surface area contributed by atoms with E-state index in [0.29, 0.717) is 18.9 Å². The molecule has 7 heteroatoms. The van der Waals surface area contributed by atoms with E-state index in [1.165, 1.54) is 13.0 Å². The number of hydrogen-bond acceptors (Lipinski definition) is 6. The van der Waals surface area contributed by atoms with E-state index in [0.717, 1.165) is 18.4 Å². The van der Waals surface area contributed by atoms with Crippen molar-refractivity contribution in [1.29, 1.82) is 0 Å². The van der Waals surface area contributed by atoms with E-state index in [4.69, 9.17) is 9.26 Å². The van der Waals surface area contributed by atoms with E-state index in [2.05, 4.69) is 16.7 Å². The average molecular weight is 355 g/mol. The first-order valence-corrected chi connectivity index (χ1v) is 8.55. The molecule has 26 heavy (non-hydrogen) atoms. The lowest BCUT2D eigenvalue weighted by atomic mass is 9.96. The van der Waals surface area contributed by atoms with Gasteiger partial charge in [-0.05, 0) is 18.9 Å². The van der Waals surface area contributed by atoms with Crippen LogP contribution in [0.1, 0.15) is 49.1 Å². The SMILES string of the molecule is C=CC(=O)N1CCC(c2noc(C(OC(C)=O)c3ccccc3)n2)CC1. The Morgan fingerprint density at radius 2 is 2.00 bits per heavy atom. The van der Waals surface area contributed by atoms with Crippen molar-refractivity contribution in [3.05, 3.63) is 60.3 Å². The maximum Gasteiger partial charge on any atom is 0.303 e. The molecule has 3 rings (SSSR count). The molecule has 1 aliphatic heterocycles. The van der Waals surface area contributed by atoms with Crippen LogP contribution in [0.2, 0.25) is 0 Å². The van der Waals surface area contributed by atoms with E-state index < -0.39 is 12.1 Å². The predicted octanol–water partition coefficient (Wildman–Crippen LogP) is 2.61. The van der Waals surface area contributed by atoms with Gasteiger partial charge in [0, 0.05) is 31.5 Å². The molecule has 1 aromatic carbocycles. The first kappa shape index (κ1) is 17.8. The molecule has 0 radical (unpaired) electrons. The van der Waals surface area contributed by atoms with Crippen molar-refractivity contribution >= 4 is 11.9 Å². The number of likely N-dealkylation sites (tertiary alicyclic amines) is 1. The summed E-state index contributed by atoms with van der Waals surface area (Å²) in [6, 6.07) is 9.28. The minimum Gasteiger partial charge on any atom is -0.447 e. The van der Waals surface area contributed by atoms with Crippen LogP contribution >= 0.6 is 0 Å². The lowest BCUT2D eigenvalue weighted by Gasteiger charge is -2.29. The van der Waals surface area contributed by atoms with Crippen LogP contribution in [0.25, 0.3) is 0 Å². The Balaban J connectivity index is 1.74. The lowest BCUT2D eigenvalue weighted by Crippen LogP contribution is -2.37. The van der Waals surface area contributed by atoms with Crippen molar-refractivity contribution in [1.82, 2.24) is 15.0 Å². The zero-order chi connectivity index (χ0) is 18.5. The molecule has 1 saturated heterocycles. The number of carbonyl (C=O) groups excluding carboxylic acids is 2. The number of carbonyl (C=O) groups is 2. The van der Waals surface area contributed by atoms with Gasteiger partial charge in [0.05, 0.1) is 0 Å². The van der Waals surface area contributed by atoms with Crippen molar-refractivity contribution in [2.24, 2.45) is 0 Å². The zero-order valence-electron chi connectivity index (χ0n) is 14.6. The number of rotatable bonds is 5. The molecule has 7 nitrogen and oxygen atoms in total. The van der Waals surface area contributed by atoms with Crippen molar-refractivity contribution < 1.29 is 18.8 Å². The normalized spacial score (nSPS) is 16.1. The van der Waals surface area contributed by atoms with Crippen molar-refractivity contribution in [3.8, 4) is 0 Å². The first-order chi connectivity index (χ1) is 12.6. The second kappa shape index (κ2) is 7.95. The Labute approximate surface area is 151 Å². The van der Waals surface area contributed by atoms with E-state index in [1.54, 1.807) is 4.90 Å². The number of benzene rings is 1. The molecule has 2 aromatic rings. The summed E-state index contributed by atoms with van der Waals surface area (Å²) in [6.07, 6.45) is 2.11. The highest BCUT2D eigenvalue weighted by molar-refractivity contribution is 5.87. The second-order valence-electron chi connectivity index (χ2n) is 6.19. The van der Waals surface area contributed by atoms with E-state index in [9.17, 15) is 9.59 Å². The van der Waals surface area contributed by atoms with Crippen LogP contribution in [0.4, 0.5) is 0 Å². The topological polar surface area (TPSA) is 85.5 Å². The molecule has 0 spiro atoms. The van der Waals surface area contributed by atoms with Crippen molar-refractivity contribution in [2.45, 2.75) is 31.8 Å². The van der Waals surface area contributed by atoms with Gasteiger partial charge in [-0.15, -0.1) is 0 Å². The van der Waals surface area contributed by atoms with E-state index in [1.807, 2.05) is 30.3 Å². The Bertz CT molecular complexity index is 779. The highest BCUT2D eigenvalue weighted by Gasteiger charge is 2.29. The number of ether oxygens (including phenoxy) is 1. The fourth-order valence-electron chi connectivity index (χ4n) is 3.06. The molecule has 136 valence electrons. The van der Waals surface area contributed by atoms with Crippen LogP contribution in [0.15, 0.2) is 47.5 Å². The van der Waals surface area contributed by atoms with Gasteiger partial charge in [0.15, 0.2) is 5.82 Å². The molecule has 1 amide bonds. The van der Waals surface area contributed by atoms with Gasteiger partial charge in [-0.25, -0.2) is 0 Å². The molecule has 1 fully saturated rings. The van der Waals surface area contributed by atoms with Gasteiger partial charge in [-0.2, -0.15) is 4.98 Å². The quantitative estimate of drug-likeness (QED) is 0.605. The van der Waals surface area contributed by atoms with Crippen LogP contribution in [0.5, 0.6) is 0 Å². The number of aromatic nitrogens is 2. The summed E-state index contributed by atoms with van der Waals surface area (Å²) in [4.78, 5) is 29.4. The van der Waals surface area contributed by atoms with Gasteiger partial charge in [-0.3, -0.25) is 9.59 Å². The molecule has 0 saturated carbocycles. The molecule has 2 heterocycles. The van der Waals surface area contributed by atoms with Gasteiger partial charge >= 0.3 is 5.97 Å². The Hall–Kier alpha value is -2.96. The smallest absolute Gasteiger partial charge is 0.303 e. The van der Waals surface area contributed by atoms with Crippen molar-refractivity contribution in [2.75, 3.05) is 13.1 Å². The molecule has 1 aliphatic rings. The monoisotopic (exact) mass is 355 g/mol. The standard InChI is InChI=1S/C19H21N3O4/c1-3-16(24)22-11-9-15(10-12-22)18-20-19(26-21-18)17(25-13(2)23)14-7-5-4-6-8-14/h3-8,15,17H,1,9-12H2,2H3. The van der Waals surface area contributed by atoms with Crippen LogP contribution in [-0.2, 0) is 14.3 Å². The van der Waals surface area contributed by atoms with Crippen LogP contribution < -0.4 is 0 Å². The summed E-state index contributed by atoms with van der Waals surface area (Å²) >= 11 is 0. The van der Waals surface area contributed by atoms with Crippen LogP contribution in [0, 0.1) is 0 Å². The molecule has 1 aromatic heterocycles. The molecule has 1 atom stereocenters. The molecule has 0 N–H and O–H groups in total. The largest absolute Gasteiger partial charge is 0.447 e. The number of amides is 1. The first-order valence-electron chi connectivity index (χ1n) is 8.55. The minimum absolute atomic E-state index is 0.0590. The lowest BCUT2D eigenvalue weighted by molar-refractivity contribution is -0.145. The van der Waals surface area contributed by atoms with Gasteiger partial charge < -0.3 is 14.2 Å². The van der Waals surface area contributed by atoms with Gasteiger partial charge in [0.25, 0.3) is 5.89 Å². The molecular weight excluding hydrogens is 334 g/mol. The Morgan fingerprint density at radius 3 is 2.62 bits per heavy atom. The Morgan fingerprint density at radius 1 is 1.31 bits per heavy atom. The van der Waals surface area contributed by atoms with Crippen LogP contribution in [-0.4, -0.2) is 40.0 Å². The summed E-state index contributed by atoms with van der Waals surface area (Å²) in [5, 5.41) is 4.08. The summed E-state index contributed by atoms with van der Waals surface area (Å²) in [5.41, 5.74) is 0.768. The van der Waals surface area contributed by atoms with E-state index >= 15 is 0 Å². The van der Waals surface area contributed by atoms with E-state index in [-0.39, 0.29) is 17.7 Å². The average Bonchev–Trinajstić information content (AvgIpc) is 3.16. The highest BCUT2D eigenvalue weighted by Crippen LogP contribution is 2.30. The zero-order valence-corrected chi connectivity index (χ0v) is 14.6. The number of esters is 1. The minimum atomic E-state index is -0.725. The fourth-order valence-corrected chi connectivity index (χ4v) is 3.06.